The SMILES string of the molecule is CC(C)NS(=O)(=O)c1ccc(C(=O)NCC(=O)N[C@@H]2CCCC[C@H]2C)cc1. The molecule has 0 saturated heterocycles. The Labute approximate surface area is 161 Å². The van der Waals surface area contributed by atoms with Crippen LogP contribution in [0.15, 0.2) is 29.2 Å². The topological polar surface area (TPSA) is 104 Å². The number of nitrogens with one attached hydrogen (secondary N) is 3. The van der Waals surface area contributed by atoms with Gasteiger partial charge < -0.3 is 10.6 Å². The lowest BCUT2D eigenvalue weighted by Gasteiger charge is -2.29. The highest BCUT2D eigenvalue weighted by Gasteiger charge is 2.23. The molecule has 1 aromatic rings. The van der Waals surface area contributed by atoms with E-state index < -0.39 is 15.9 Å². The van der Waals surface area contributed by atoms with Gasteiger partial charge in [0.2, 0.25) is 15.9 Å². The third kappa shape index (κ3) is 6.32. The van der Waals surface area contributed by atoms with Crippen molar-refractivity contribution in [3.05, 3.63) is 29.8 Å². The first-order valence-corrected chi connectivity index (χ1v) is 10.9. The molecule has 0 aliphatic heterocycles. The van der Waals surface area contributed by atoms with Crippen LogP contribution in [0.1, 0.15) is 56.8 Å². The van der Waals surface area contributed by atoms with E-state index in [0.717, 1.165) is 19.3 Å². The lowest BCUT2D eigenvalue weighted by atomic mass is 9.86. The summed E-state index contributed by atoms with van der Waals surface area (Å²) in [6, 6.07) is 5.58. The van der Waals surface area contributed by atoms with Gasteiger partial charge in [-0.1, -0.05) is 19.8 Å². The highest BCUT2D eigenvalue weighted by Crippen LogP contribution is 2.23. The van der Waals surface area contributed by atoms with E-state index in [1.165, 1.54) is 30.7 Å². The van der Waals surface area contributed by atoms with Crippen molar-refractivity contribution in [3.63, 3.8) is 0 Å². The third-order valence-corrected chi connectivity index (χ3v) is 6.36. The molecule has 7 nitrogen and oxygen atoms in total. The smallest absolute Gasteiger partial charge is 0.251 e. The van der Waals surface area contributed by atoms with E-state index in [1.807, 2.05) is 0 Å². The minimum atomic E-state index is -3.60. The zero-order chi connectivity index (χ0) is 20.0. The minimum absolute atomic E-state index is 0.0942. The van der Waals surface area contributed by atoms with Gasteiger partial charge in [0.15, 0.2) is 0 Å². The number of hydrogen-bond acceptors (Lipinski definition) is 4. The number of carbonyl (C=O) groups excluding carboxylic acids is 2. The number of amides is 2. The summed E-state index contributed by atoms with van der Waals surface area (Å²) in [5.74, 6) is -0.169. The second-order valence-corrected chi connectivity index (χ2v) is 9.13. The van der Waals surface area contributed by atoms with E-state index in [2.05, 4.69) is 22.3 Å². The predicted molar refractivity (Wildman–Crippen MR) is 104 cm³/mol. The maximum atomic E-state index is 12.2. The summed E-state index contributed by atoms with van der Waals surface area (Å²) in [5.41, 5.74) is 0.303. The summed E-state index contributed by atoms with van der Waals surface area (Å²) >= 11 is 0. The molecule has 27 heavy (non-hydrogen) atoms. The fourth-order valence-electron chi connectivity index (χ4n) is 3.21. The zero-order valence-electron chi connectivity index (χ0n) is 16.1. The van der Waals surface area contributed by atoms with Gasteiger partial charge in [-0.25, -0.2) is 13.1 Å². The summed E-state index contributed by atoms with van der Waals surface area (Å²) in [4.78, 5) is 24.3. The summed E-state index contributed by atoms with van der Waals surface area (Å²) in [7, 11) is -3.60. The van der Waals surface area contributed by atoms with Crippen molar-refractivity contribution in [1.29, 1.82) is 0 Å². The molecule has 1 saturated carbocycles. The van der Waals surface area contributed by atoms with Crippen LogP contribution in [0.2, 0.25) is 0 Å². The number of hydrogen-bond donors (Lipinski definition) is 3. The van der Waals surface area contributed by atoms with Gasteiger partial charge in [-0.15, -0.1) is 0 Å². The fourth-order valence-corrected chi connectivity index (χ4v) is 4.47. The lowest BCUT2D eigenvalue weighted by Crippen LogP contribution is -2.45. The van der Waals surface area contributed by atoms with Crippen LogP contribution in [0.5, 0.6) is 0 Å². The predicted octanol–water partition coefficient (Wildman–Crippen LogP) is 1.80. The van der Waals surface area contributed by atoms with Gasteiger partial charge in [-0.3, -0.25) is 9.59 Å². The van der Waals surface area contributed by atoms with E-state index in [1.54, 1.807) is 13.8 Å². The number of sulfonamides is 1. The maximum Gasteiger partial charge on any atom is 0.251 e. The van der Waals surface area contributed by atoms with E-state index in [0.29, 0.717) is 11.5 Å². The molecule has 0 heterocycles. The number of carbonyl (C=O) groups is 2. The van der Waals surface area contributed by atoms with Gasteiger partial charge in [0.25, 0.3) is 5.91 Å². The van der Waals surface area contributed by atoms with Crippen molar-refractivity contribution >= 4 is 21.8 Å². The Balaban J connectivity index is 1.87. The summed E-state index contributed by atoms with van der Waals surface area (Å²) < 4.78 is 26.7. The van der Waals surface area contributed by atoms with Crippen LogP contribution >= 0.6 is 0 Å². The van der Waals surface area contributed by atoms with E-state index in [4.69, 9.17) is 0 Å². The minimum Gasteiger partial charge on any atom is -0.352 e. The van der Waals surface area contributed by atoms with Crippen LogP contribution in [0, 0.1) is 5.92 Å². The van der Waals surface area contributed by atoms with Gasteiger partial charge in [-0.05, 0) is 56.9 Å². The van der Waals surface area contributed by atoms with Crippen molar-refractivity contribution in [2.24, 2.45) is 5.92 Å². The average molecular weight is 396 g/mol. The number of benzene rings is 1. The van der Waals surface area contributed by atoms with Crippen molar-refractivity contribution in [2.75, 3.05) is 6.54 Å². The molecule has 0 aromatic heterocycles. The van der Waals surface area contributed by atoms with Gasteiger partial charge in [0, 0.05) is 17.6 Å². The third-order valence-electron chi connectivity index (χ3n) is 4.69. The molecule has 1 aliphatic rings. The first-order valence-electron chi connectivity index (χ1n) is 9.39. The standard InChI is InChI=1S/C19H29N3O4S/c1-13(2)22-27(25,26)16-10-8-15(9-11-16)19(24)20-12-18(23)21-17-7-5-4-6-14(17)3/h8-11,13-14,17,22H,4-7,12H2,1-3H3,(H,20,24)(H,21,23)/t14-,17-/m1/s1. The Morgan fingerprint density at radius 3 is 2.33 bits per heavy atom. The maximum absolute atomic E-state index is 12.2. The first kappa shape index (κ1) is 21.4. The zero-order valence-corrected chi connectivity index (χ0v) is 16.9. The summed E-state index contributed by atoms with van der Waals surface area (Å²) in [6.07, 6.45) is 4.39. The Kier molecular flexibility index (Phi) is 7.38. The quantitative estimate of drug-likeness (QED) is 0.655. The first-order chi connectivity index (χ1) is 12.7. The molecular formula is C19H29N3O4S. The van der Waals surface area contributed by atoms with Crippen LogP contribution in [0.25, 0.3) is 0 Å². The van der Waals surface area contributed by atoms with Crippen molar-refractivity contribution in [2.45, 2.75) is 63.4 Å². The van der Waals surface area contributed by atoms with Crippen LogP contribution < -0.4 is 15.4 Å². The molecule has 1 aliphatic carbocycles. The number of rotatable bonds is 7. The highest BCUT2D eigenvalue weighted by atomic mass is 32.2. The van der Waals surface area contributed by atoms with Gasteiger partial charge in [-0.2, -0.15) is 0 Å². The summed E-state index contributed by atoms with van der Waals surface area (Å²) in [5, 5.41) is 5.56. The van der Waals surface area contributed by atoms with Gasteiger partial charge in [0.05, 0.1) is 11.4 Å². The molecule has 2 rings (SSSR count). The van der Waals surface area contributed by atoms with Crippen LogP contribution in [-0.2, 0) is 14.8 Å². The molecule has 3 N–H and O–H groups in total. The lowest BCUT2D eigenvalue weighted by molar-refractivity contribution is -0.121. The van der Waals surface area contributed by atoms with Gasteiger partial charge >= 0.3 is 0 Å². The Morgan fingerprint density at radius 1 is 1.11 bits per heavy atom. The van der Waals surface area contributed by atoms with Gasteiger partial charge in [0.1, 0.15) is 0 Å². The molecule has 0 spiro atoms. The highest BCUT2D eigenvalue weighted by molar-refractivity contribution is 7.89. The van der Waals surface area contributed by atoms with E-state index in [9.17, 15) is 18.0 Å². The fraction of sp³-hybridized carbons (Fsp3) is 0.579. The Bertz CT molecular complexity index is 760. The molecule has 0 bridgehead atoms. The van der Waals surface area contributed by atoms with Crippen molar-refractivity contribution in [1.82, 2.24) is 15.4 Å². The molecule has 8 heteroatoms. The average Bonchev–Trinajstić information content (AvgIpc) is 2.61. The van der Waals surface area contributed by atoms with E-state index >= 15 is 0 Å². The van der Waals surface area contributed by atoms with Crippen LogP contribution in [0.4, 0.5) is 0 Å². The second-order valence-electron chi connectivity index (χ2n) is 7.42. The molecular weight excluding hydrogens is 366 g/mol. The monoisotopic (exact) mass is 395 g/mol. The second kappa shape index (κ2) is 9.32. The molecule has 2 amide bonds. The van der Waals surface area contributed by atoms with Crippen LogP contribution in [0.3, 0.4) is 0 Å². The summed E-state index contributed by atoms with van der Waals surface area (Å²) in [6.45, 7) is 5.50. The molecule has 1 aromatic carbocycles. The van der Waals surface area contributed by atoms with E-state index in [-0.39, 0.29) is 29.4 Å². The van der Waals surface area contributed by atoms with Crippen molar-refractivity contribution in [3.8, 4) is 0 Å². The van der Waals surface area contributed by atoms with Crippen LogP contribution in [-0.4, -0.2) is 38.9 Å². The molecule has 150 valence electrons. The molecule has 0 radical (unpaired) electrons. The Morgan fingerprint density at radius 2 is 1.74 bits per heavy atom. The molecule has 2 atom stereocenters. The molecule has 0 unspecified atom stereocenters. The normalized spacial score (nSPS) is 20.3. The van der Waals surface area contributed by atoms with Crippen molar-refractivity contribution < 1.29 is 18.0 Å². The largest absolute Gasteiger partial charge is 0.352 e. The molecule has 1 fully saturated rings. The Hall–Kier alpha value is -1.93.